The molecular formula is C25H25N3O3. The minimum Gasteiger partial charge on any atom is -0.472 e. The Morgan fingerprint density at radius 3 is 2.68 bits per heavy atom. The van der Waals surface area contributed by atoms with Crippen molar-refractivity contribution in [2.45, 2.75) is 25.9 Å². The first kappa shape index (κ1) is 19.5. The maximum atomic E-state index is 13.1. The Bertz CT molecular complexity index is 1130. The normalized spacial score (nSPS) is 21.1. The van der Waals surface area contributed by atoms with Crippen molar-refractivity contribution in [2.24, 2.45) is 5.92 Å². The molecule has 158 valence electrons. The lowest BCUT2D eigenvalue weighted by Gasteiger charge is -2.21. The molecule has 2 aromatic carbocycles. The highest BCUT2D eigenvalue weighted by atomic mass is 16.5. The number of benzene rings is 2. The maximum absolute atomic E-state index is 13.1. The number of carbonyl (C=O) groups is 2. The van der Waals surface area contributed by atoms with E-state index in [0.717, 1.165) is 28.6 Å². The molecule has 2 amide bonds. The molecule has 2 saturated heterocycles. The number of hydrogen-bond acceptors (Lipinski definition) is 4. The summed E-state index contributed by atoms with van der Waals surface area (Å²) in [7, 11) is 0. The van der Waals surface area contributed by atoms with E-state index < -0.39 is 0 Å². The summed E-state index contributed by atoms with van der Waals surface area (Å²) in [5, 5.41) is 1.07. The number of aryl methyl sites for hydroxylation is 1. The SMILES string of the molecule is Cc1ccc(N2CC(C(=O)N3CCC(Oc4ccc5ccccc5n4)C3)CC2=O)cc1. The van der Waals surface area contributed by atoms with Crippen LogP contribution in [0.3, 0.4) is 0 Å². The highest BCUT2D eigenvalue weighted by molar-refractivity contribution is 6.00. The van der Waals surface area contributed by atoms with E-state index in [9.17, 15) is 9.59 Å². The fourth-order valence-corrected chi connectivity index (χ4v) is 4.41. The van der Waals surface area contributed by atoms with Crippen molar-refractivity contribution in [3.8, 4) is 5.88 Å². The summed E-state index contributed by atoms with van der Waals surface area (Å²) in [5.41, 5.74) is 2.90. The van der Waals surface area contributed by atoms with Gasteiger partial charge in [-0.2, -0.15) is 0 Å². The van der Waals surface area contributed by atoms with Gasteiger partial charge in [0.1, 0.15) is 6.10 Å². The Balaban J connectivity index is 1.21. The van der Waals surface area contributed by atoms with Gasteiger partial charge in [-0.05, 0) is 31.2 Å². The Labute approximate surface area is 181 Å². The number of rotatable bonds is 4. The minimum atomic E-state index is -0.300. The molecule has 0 spiro atoms. The second kappa shape index (κ2) is 8.02. The standard InChI is InChI=1S/C25H25N3O3/c1-17-6-9-20(10-7-17)28-15-19(14-24(28)29)25(30)27-13-12-21(16-27)31-23-11-8-18-4-2-3-5-22(18)26-23/h2-11,19,21H,12-16H2,1H3. The van der Waals surface area contributed by atoms with E-state index in [1.165, 1.54) is 0 Å². The first-order chi connectivity index (χ1) is 15.1. The molecule has 0 radical (unpaired) electrons. The number of amides is 2. The molecule has 2 aliphatic heterocycles. The van der Waals surface area contributed by atoms with Gasteiger partial charge in [0, 0.05) is 43.1 Å². The lowest BCUT2D eigenvalue weighted by atomic mass is 10.1. The highest BCUT2D eigenvalue weighted by Crippen LogP contribution is 2.28. The third-order valence-electron chi connectivity index (χ3n) is 6.14. The molecule has 2 atom stereocenters. The van der Waals surface area contributed by atoms with Gasteiger partial charge in [-0.3, -0.25) is 9.59 Å². The molecule has 3 aromatic rings. The predicted molar refractivity (Wildman–Crippen MR) is 119 cm³/mol. The molecule has 2 aliphatic rings. The van der Waals surface area contributed by atoms with E-state index in [-0.39, 0.29) is 30.3 Å². The third kappa shape index (κ3) is 3.98. The molecule has 2 fully saturated rings. The van der Waals surface area contributed by atoms with Crippen LogP contribution in [0.4, 0.5) is 5.69 Å². The van der Waals surface area contributed by atoms with Crippen molar-refractivity contribution in [3.05, 3.63) is 66.2 Å². The van der Waals surface area contributed by atoms with E-state index in [1.807, 2.05) is 72.5 Å². The van der Waals surface area contributed by atoms with Crippen molar-refractivity contribution in [1.82, 2.24) is 9.88 Å². The van der Waals surface area contributed by atoms with Gasteiger partial charge < -0.3 is 14.5 Å². The number of nitrogens with zero attached hydrogens (tertiary/aromatic N) is 3. The number of likely N-dealkylation sites (tertiary alicyclic amines) is 1. The van der Waals surface area contributed by atoms with Crippen molar-refractivity contribution in [3.63, 3.8) is 0 Å². The Morgan fingerprint density at radius 2 is 1.84 bits per heavy atom. The predicted octanol–water partition coefficient (Wildman–Crippen LogP) is 3.58. The molecule has 0 saturated carbocycles. The molecular weight excluding hydrogens is 390 g/mol. The molecule has 5 rings (SSSR count). The van der Waals surface area contributed by atoms with Crippen LogP contribution in [0.25, 0.3) is 10.9 Å². The second-order valence-electron chi connectivity index (χ2n) is 8.40. The van der Waals surface area contributed by atoms with Gasteiger partial charge in [0.2, 0.25) is 17.7 Å². The number of anilines is 1. The molecule has 1 aromatic heterocycles. The zero-order valence-electron chi connectivity index (χ0n) is 17.5. The van der Waals surface area contributed by atoms with Crippen LogP contribution in [0.1, 0.15) is 18.4 Å². The average molecular weight is 415 g/mol. The summed E-state index contributed by atoms with van der Waals surface area (Å²) in [6.45, 7) is 3.63. The molecule has 3 heterocycles. The van der Waals surface area contributed by atoms with Crippen LogP contribution in [0.2, 0.25) is 0 Å². The van der Waals surface area contributed by atoms with E-state index in [2.05, 4.69) is 4.98 Å². The fraction of sp³-hybridized carbons (Fsp3) is 0.320. The zero-order chi connectivity index (χ0) is 21.4. The number of carbonyl (C=O) groups excluding carboxylic acids is 2. The van der Waals surface area contributed by atoms with Crippen LogP contribution in [-0.2, 0) is 9.59 Å². The van der Waals surface area contributed by atoms with Crippen LogP contribution in [0, 0.1) is 12.8 Å². The number of ether oxygens (including phenoxy) is 1. The van der Waals surface area contributed by atoms with Gasteiger partial charge in [-0.25, -0.2) is 4.98 Å². The van der Waals surface area contributed by atoms with Crippen LogP contribution in [-0.4, -0.2) is 47.4 Å². The smallest absolute Gasteiger partial charge is 0.228 e. The van der Waals surface area contributed by atoms with Gasteiger partial charge in [0.15, 0.2) is 0 Å². The molecule has 0 N–H and O–H groups in total. The van der Waals surface area contributed by atoms with E-state index >= 15 is 0 Å². The van der Waals surface area contributed by atoms with Gasteiger partial charge in [-0.15, -0.1) is 0 Å². The first-order valence-electron chi connectivity index (χ1n) is 10.7. The third-order valence-corrected chi connectivity index (χ3v) is 6.14. The van der Waals surface area contributed by atoms with Gasteiger partial charge in [0.05, 0.1) is 18.0 Å². The summed E-state index contributed by atoms with van der Waals surface area (Å²) in [5.74, 6) is 0.334. The van der Waals surface area contributed by atoms with Crippen LogP contribution in [0.15, 0.2) is 60.7 Å². The Hall–Kier alpha value is -3.41. The van der Waals surface area contributed by atoms with Crippen LogP contribution >= 0.6 is 0 Å². The monoisotopic (exact) mass is 415 g/mol. The molecule has 6 nitrogen and oxygen atoms in total. The molecule has 0 bridgehead atoms. The number of hydrogen-bond donors (Lipinski definition) is 0. The maximum Gasteiger partial charge on any atom is 0.228 e. The van der Waals surface area contributed by atoms with Gasteiger partial charge in [0.25, 0.3) is 0 Å². The average Bonchev–Trinajstić information content (AvgIpc) is 3.40. The van der Waals surface area contributed by atoms with Crippen molar-refractivity contribution in [1.29, 1.82) is 0 Å². The Morgan fingerprint density at radius 1 is 1.03 bits per heavy atom. The quantitative estimate of drug-likeness (QED) is 0.654. The summed E-state index contributed by atoms with van der Waals surface area (Å²) in [6.07, 6.45) is 0.951. The lowest BCUT2D eigenvalue weighted by Crippen LogP contribution is -2.37. The first-order valence-corrected chi connectivity index (χ1v) is 10.7. The second-order valence-corrected chi connectivity index (χ2v) is 8.40. The largest absolute Gasteiger partial charge is 0.472 e. The number of para-hydroxylation sites is 1. The van der Waals surface area contributed by atoms with E-state index in [4.69, 9.17) is 4.74 Å². The molecule has 6 heteroatoms. The van der Waals surface area contributed by atoms with Crippen LogP contribution < -0.4 is 9.64 Å². The summed E-state index contributed by atoms with van der Waals surface area (Å²) >= 11 is 0. The van der Waals surface area contributed by atoms with Gasteiger partial charge >= 0.3 is 0 Å². The zero-order valence-corrected chi connectivity index (χ0v) is 17.5. The van der Waals surface area contributed by atoms with Crippen LogP contribution in [0.5, 0.6) is 5.88 Å². The molecule has 31 heavy (non-hydrogen) atoms. The van der Waals surface area contributed by atoms with Gasteiger partial charge in [-0.1, -0.05) is 35.9 Å². The van der Waals surface area contributed by atoms with Crippen molar-refractivity contribution >= 4 is 28.4 Å². The summed E-state index contributed by atoms with van der Waals surface area (Å²) in [6, 6.07) is 19.7. The lowest BCUT2D eigenvalue weighted by molar-refractivity contribution is -0.135. The number of fused-ring (bicyclic) bond motifs is 1. The molecule has 2 unspecified atom stereocenters. The highest BCUT2D eigenvalue weighted by Gasteiger charge is 2.39. The fourth-order valence-electron chi connectivity index (χ4n) is 4.41. The minimum absolute atomic E-state index is 0.00886. The summed E-state index contributed by atoms with van der Waals surface area (Å²) in [4.78, 5) is 33.7. The van der Waals surface area contributed by atoms with Crippen molar-refractivity contribution in [2.75, 3.05) is 24.5 Å². The van der Waals surface area contributed by atoms with E-state index in [0.29, 0.717) is 25.5 Å². The topological polar surface area (TPSA) is 62.7 Å². The van der Waals surface area contributed by atoms with E-state index in [1.54, 1.807) is 4.90 Å². The Kier molecular flexibility index (Phi) is 5.06. The summed E-state index contributed by atoms with van der Waals surface area (Å²) < 4.78 is 6.07. The van der Waals surface area contributed by atoms with Crippen molar-refractivity contribution < 1.29 is 14.3 Å². The number of pyridine rings is 1. The molecule has 0 aliphatic carbocycles. The number of aromatic nitrogens is 1.